The number of carbonyl (C=O) groups is 1. The van der Waals surface area contributed by atoms with Crippen LogP contribution >= 0.6 is 23.2 Å². The van der Waals surface area contributed by atoms with Gasteiger partial charge in [0.05, 0.1) is 21.5 Å². The summed E-state index contributed by atoms with van der Waals surface area (Å²) in [6.45, 7) is 0. The highest BCUT2D eigenvalue weighted by Crippen LogP contribution is 2.36. The van der Waals surface area contributed by atoms with Gasteiger partial charge in [-0.1, -0.05) is 55.0 Å². The first-order valence-electron chi connectivity index (χ1n) is 9.03. The largest absolute Gasteiger partial charge is 0.417 e. The molecule has 0 unspecified atom stereocenters. The summed E-state index contributed by atoms with van der Waals surface area (Å²) in [6, 6.07) is 7.12. The van der Waals surface area contributed by atoms with Crippen molar-refractivity contribution in [1.29, 1.82) is 0 Å². The number of hydrogen-bond acceptors (Lipinski definition) is 2. The number of halogens is 5. The number of hydrogen-bond donors (Lipinski definition) is 1. The number of nitrogens with one attached hydrogen (secondary N) is 1. The number of alkyl halides is 3. The van der Waals surface area contributed by atoms with Crippen LogP contribution in [-0.4, -0.2) is 10.9 Å². The Bertz CT molecular complexity index is 834. The van der Waals surface area contributed by atoms with E-state index in [0.29, 0.717) is 28.6 Å². The molecule has 1 aliphatic carbocycles. The first-order chi connectivity index (χ1) is 13.2. The quantitative estimate of drug-likeness (QED) is 0.572. The summed E-state index contributed by atoms with van der Waals surface area (Å²) in [4.78, 5) is 16.7. The van der Waals surface area contributed by atoms with Gasteiger partial charge in [-0.3, -0.25) is 4.79 Å². The van der Waals surface area contributed by atoms with Gasteiger partial charge < -0.3 is 5.32 Å². The highest BCUT2D eigenvalue weighted by molar-refractivity contribution is 6.42. The van der Waals surface area contributed by atoms with E-state index in [1.54, 1.807) is 18.2 Å². The zero-order valence-corrected chi connectivity index (χ0v) is 16.4. The molecule has 1 heterocycles. The average molecular weight is 431 g/mol. The second-order valence-electron chi connectivity index (χ2n) is 7.03. The first kappa shape index (κ1) is 20.9. The van der Waals surface area contributed by atoms with Gasteiger partial charge in [-0.2, -0.15) is 13.2 Å². The predicted octanol–water partition coefficient (Wildman–Crippen LogP) is 6.71. The van der Waals surface area contributed by atoms with E-state index in [2.05, 4.69) is 10.3 Å². The number of carbonyl (C=O) groups excluding carboxylic acids is 1. The van der Waals surface area contributed by atoms with Crippen LogP contribution in [0.1, 0.15) is 49.1 Å². The van der Waals surface area contributed by atoms with Crippen molar-refractivity contribution in [2.45, 2.75) is 44.2 Å². The molecular formula is C20H19Cl2F3N2O. The Kier molecular flexibility index (Phi) is 6.50. The van der Waals surface area contributed by atoms with Crippen molar-refractivity contribution in [3.63, 3.8) is 0 Å². The molecular weight excluding hydrogens is 412 g/mol. The molecule has 1 aliphatic rings. The Balaban J connectivity index is 1.80. The van der Waals surface area contributed by atoms with E-state index in [1.807, 2.05) is 0 Å². The molecule has 28 heavy (non-hydrogen) atoms. The summed E-state index contributed by atoms with van der Waals surface area (Å²) in [7, 11) is 0. The molecule has 3 rings (SSSR count). The number of anilines is 1. The van der Waals surface area contributed by atoms with Gasteiger partial charge in [0.15, 0.2) is 0 Å². The Morgan fingerprint density at radius 2 is 1.86 bits per heavy atom. The van der Waals surface area contributed by atoms with E-state index >= 15 is 0 Å². The molecule has 3 nitrogen and oxygen atoms in total. The van der Waals surface area contributed by atoms with Crippen LogP contribution in [0.3, 0.4) is 0 Å². The van der Waals surface area contributed by atoms with Crippen LogP contribution in [-0.2, 0) is 11.0 Å². The molecule has 0 radical (unpaired) electrons. The Hall–Kier alpha value is -1.79. The minimum atomic E-state index is -4.47. The van der Waals surface area contributed by atoms with E-state index in [4.69, 9.17) is 23.2 Å². The smallest absolute Gasteiger partial charge is 0.310 e. The van der Waals surface area contributed by atoms with E-state index < -0.39 is 17.7 Å². The molecule has 2 aromatic rings. The highest BCUT2D eigenvalue weighted by atomic mass is 35.5. The fourth-order valence-corrected chi connectivity index (χ4v) is 3.86. The first-order valence-corrected chi connectivity index (χ1v) is 9.78. The molecule has 150 valence electrons. The lowest BCUT2D eigenvalue weighted by Crippen LogP contribution is -2.23. The van der Waals surface area contributed by atoms with Gasteiger partial charge in [0.1, 0.15) is 5.82 Å². The summed E-state index contributed by atoms with van der Waals surface area (Å²) in [5.41, 5.74) is -0.136. The van der Waals surface area contributed by atoms with E-state index in [0.717, 1.165) is 43.4 Å². The van der Waals surface area contributed by atoms with Gasteiger partial charge in [0, 0.05) is 6.20 Å². The fraction of sp³-hybridized carbons (Fsp3) is 0.400. The van der Waals surface area contributed by atoms with Gasteiger partial charge >= 0.3 is 6.18 Å². The van der Waals surface area contributed by atoms with E-state index in [9.17, 15) is 18.0 Å². The predicted molar refractivity (Wildman–Crippen MR) is 104 cm³/mol. The van der Waals surface area contributed by atoms with Gasteiger partial charge in [-0.15, -0.1) is 0 Å². The zero-order valence-electron chi connectivity index (χ0n) is 14.9. The highest BCUT2D eigenvalue weighted by Gasteiger charge is 2.31. The summed E-state index contributed by atoms with van der Waals surface area (Å²) >= 11 is 12.1. The van der Waals surface area contributed by atoms with E-state index in [1.165, 1.54) is 0 Å². The lowest BCUT2D eigenvalue weighted by Gasteiger charge is -2.21. The summed E-state index contributed by atoms with van der Waals surface area (Å²) in [5.74, 6) is -0.306. The van der Waals surface area contributed by atoms with Crippen LogP contribution in [0.15, 0.2) is 36.5 Å². The third-order valence-corrected chi connectivity index (χ3v) is 5.79. The zero-order chi connectivity index (χ0) is 20.3. The standard InChI is InChI=1S/C20H19Cl2F3N2O/c21-16-7-5-13(10-17(16)22)15(9-12-3-1-2-4-12)19(28)27-18-8-6-14(11-26-18)20(23,24)25/h5-8,10-12,15H,1-4,9H2,(H,26,27,28)/t15-/m1/s1. The van der Waals surface area contributed by atoms with E-state index in [-0.39, 0.29) is 11.7 Å². The second kappa shape index (κ2) is 8.70. The molecule has 1 amide bonds. The summed E-state index contributed by atoms with van der Waals surface area (Å²) in [5, 5.41) is 3.39. The molecule has 1 saturated carbocycles. The Morgan fingerprint density at radius 3 is 2.43 bits per heavy atom. The molecule has 1 aromatic heterocycles. The van der Waals surface area contributed by atoms with Crippen molar-refractivity contribution in [3.05, 3.63) is 57.7 Å². The van der Waals surface area contributed by atoms with Gasteiger partial charge in [0.25, 0.3) is 0 Å². The lowest BCUT2D eigenvalue weighted by molar-refractivity contribution is -0.137. The molecule has 0 bridgehead atoms. The van der Waals surface area contributed by atoms with Crippen molar-refractivity contribution >= 4 is 34.9 Å². The molecule has 0 saturated heterocycles. The van der Waals surface area contributed by atoms with Gasteiger partial charge in [-0.25, -0.2) is 4.98 Å². The third-order valence-electron chi connectivity index (χ3n) is 5.05. The van der Waals surface area contributed by atoms with Crippen molar-refractivity contribution in [2.75, 3.05) is 5.32 Å². The second-order valence-corrected chi connectivity index (χ2v) is 7.85. The molecule has 0 spiro atoms. The normalized spacial score (nSPS) is 16.2. The van der Waals surface area contributed by atoms with Crippen LogP contribution in [0.5, 0.6) is 0 Å². The molecule has 8 heteroatoms. The number of rotatable bonds is 5. The average Bonchev–Trinajstić information content (AvgIpc) is 3.15. The van der Waals surface area contributed by atoms with Crippen molar-refractivity contribution in [1.82, 2.24) is 4.98 Å². The molecule has 1 aromatic carbocycles. The van der Waals surface area contributed by atoms with Crippen LogP contribution in [0, 0.1) is 5.92 Å². The maximum atomic E-state index is 12.9. The summed E-state index contributed by atoms with van der Waals surface area (Å²) in [6.07, 6.45) is 1.28. The molecule has 1 N–H and O–H groups in total. The SMILES string of the molecule is O=C(Nc1ccc(C(F)(F)F)cn1)[C@H](CC1CCCC1)c1ccc(Cl)c(Cl)c1. The number of pyridine rings is 1. The van der Waals surface area contributed by atoms with Crippen LogP contribution in [0.25, 0.3) is 0 Å². The van der Waals surface area contributed by atoms with Gasteiger partial charge in [0.2, 0.25) is 5.91 Å². The Labute approximate surface area is 171 Å². The fourth-order valence-electron chi connectivity index (χ4n) is 3.55. The topological polar surface area (TPSA) is 42.0 Å². The van der Waals surface area contributed by atoms with Crippen LogP contribution < -0.4 is 5.32 Å². The Morgan fingerprint density at radius 1 is 1.14 bits per heavy atom. The maximum Gasteiger partial charge on any atom is 0.417 e. The maximum absolute atomic E-state index is 12.9. The molecule has 0 aliphatic heterocycles. The monoisotopic (exact) mass is 430 g/mol. The lowest BCUT2D eigenvalue weighted by atomic mass is 9.87. The van der Waals surface area contributed by atoms with Crippen molar-refractivity contribution in [3.8, 4) is 0 Å². The van der Waals surface area contributed by atoms with Crippen LogP contribution in [0.4, 0.5) is 19.0 Å². The van der Waals surface area contributed by atoms with Crippen LogP contribution in [0.2, 0.25) is 10.0 Å². The summed E-state index contributed by atoms with van der Waals surface area (Å²) < 4.78 is 38.0. The number of benzene rings is 1. The third kappa shape index (κ3) is 5.17. The minimum absolute atomic E-state index is 0.0782. The number of nitrogens with zero attached hydrogens (tertiary/aromatic N) is 1. The molecule has 1 fully saturated rings. The minimum Gasteiger partial charge on any atom is -0.310 e. The van der Waals surface area contributed by atoms with Crippen molar-refractivity contribution < 1.29 is 18.0 Å². The van der Waals surface area contributed by atoms with Gasteiger partial charge in [-0.05, 0) is 42.2 Å². The van der Waals surface area contributed by atoms with Crippen molar-refractivity contribution in [2.24, 2.45) is 5.92 Å². The number of amides is 1. The molecule has 1 atom stereocenters. The number of aromatic nitrogens is 1.